The second kappa shape index (κ2) is 5.91. The van der Waals surface area contributed by atoms with Crippen molar-refractivity contribution in [2.24, 2.45) is 7.05 Å². The number of aromatic nitrogens is 3. The molecule has 0 radical (unpaired) electrons. The second-order valence-electron chi connectivity index (χ2n) is 6.02. The van der Waals surface area contributed by atoms with E-state index in [1.807, 2.05) is 47.9 Å². The van der Waals surface area contributed by atoms with E-state index in [1.165, 1.54) is 5.56 Å². The van der Waals surface area contributed by atoms with Crippen molar-refractivity contribution in [3.8, 4) is 0 Å². The first-order valence-corrected chi connectivity index (χ1v) is 7.74. The fourth-order valence-electron chi connectivity index (χ4n) is 3.06. The van der Waals surface area contributed by atoms with Crippen LogP contribution in [0.25, 0.3) is 0 Å². The van der Waals surface area contributed by atoms with E-state index in [0.717, 1.165) is 36.6 Å². The van der Waals surface area contributed by atoms with Crippen LogP contribution in [-0.4, -0.2) is 38.7 Å². The van der Waals surface area contributed by atoms with Gasteiger partial charge in [0.25, 0.3) is 0 Å². The molecule has 3 heterocycles. The van der Waals surface area contributed by atoms with Crippen LogP contribution in [0.2, 0.25) is 0 Å². The Morgan fingerprint density at radius 3 is 2.68 bits per heavy atom. The van der Waals surface area contributed by atoms with E-state index in [4.69, 9.17) is 0 Å². The summed E-state index contributed by atoms with van der Waals surface area (Å²) in [4.78, 5) is 18.6. The van der Waals surface area contributed by atoms with Crippen LogP contribution in [0.4, 0.5) is 0 Å². The van der Waals surface area contributed by atoms with Crippen LogP contribution >= 0.6 is 0 Å². The molecule has 0 aliphatic carbocycles. The van der Waals surface area contributed by atoms with Crippen LogP contribution in [-0.2, 0) is 18.3 Å². The van der Waals surface area contributed by atoms with Gasteiger partial charge in [0.1, 0.15) is 0 Å². The largest absolute Gasteiger partial charge is 0.341 e. The summed E-state index contributed by atoms with van der Waals surface area (Å²) in [6, 6.07) is 5.96. The number of carbonyl (C=O) groups is 1. The fourth-order valence-corrected chi connectivity index (χ4v) is 3.06. The molecule has 2 aromatic rings. The molecule has 5 nitrogen and oxygen atoms in total. The Labute approximate surface area is 131 Å². The predicted octanol–water partition coefficient (Wildman–Crippen LogP) is 1.99. The molecular weight excluding hydrogens is 276 g/mol. The van der Waals surface area contributed by atoms with E-state index in [-0.39, 0.29) is 5.91 Å². The van der Waals surface area contributed by atoms with Crippen LogP contribution in [0.5, 0.6) is 0 Å². The van der Waals surface area contributed by atoms with Crippen molar-refractivity contribution >= 4 is 5.91 Å². The molecule has 0 aromatic carbocycles. The highest BCUT2D eigenvalue weighted by atomic mass is 16.2. The third-order valence-electron chi connectivity index (χ3n) is 4.59. The zero-order chi connectivity index (χ0) is 15.7. The van der Waals surface area contributed by atoms with Crippen molar-refractivity contribution in [1.82, 2.24) is 19.7 Å². The summed E-state index contributed by atoms with van der Waals surface area (Å²) in [7, 11) is 1.94. The molecule has 1 aliphatic rings. The van der Waals surface area contributed by atoms with E-state index < -0.39 is 0 Å². The molecule has 3 rings (SSSR count). The summed E-state index contributed by atoms with van der Waals surface area (Å²) in [6.45, 7) is 5.65. The first kappa shape index (κ1) is 14.8. The van der Waals surface area contributed by atoms with Crippen LogP contribution in [0, 0.1) is 13.8 Å². The molecule has 1 amide bonds. The minimum Gasteiger partial charge on any atom is -0.341 e. The summed E-state index contributed by atoms with van der Waals surface area (Å²) in [6.07, 6.45) is 3.14. The number of pyridine rings is 1. The number of likely N-dealkylation sites (tertiary alicyclic amines) is 1. The van der Waals surface area contributed by atoms with Gasteiger partial charge in [-0.25, -0.2) is 0 Å². The van der Waals surface area contributed by atoms with Crippen molar-refractivity contribution < 1.29 is 4.79 Å². The zero-order valence-corrected chi connectivity index (χ0v) is 13.4. The van der Waals surface area contributed by atoms with Crippen molar-refractivity contribution in [2.75, 3.05) is 13.1 Å². The maximum atomic E-state index is 12.3. The number of amides is 1. The second-order valence-corrected chi connectivity index (χ2v) is 6.02. The molecule has 0 unspecified atom stereocenters. The Balaban J connectivity index is 1.52. The highest BCUT2D eigenvalue weighted by Gasteiger charge is 2.32. The number of aryl methyl sites for hydroxylation is 2. The highest BCUT2D eigenvalue weighted by Crippen LogP contribution is 2.26. The molecule has 116 valence electrons. The average molecular weight is 298 g/mol. The summed E-state index contributed by atoms with van der Waals surface area (Å²) >= 11 is 0. The van der Waals surface area contributed by atoms with Gasteiger partial charge in [0.05, 0.1) is 5.69 Å². The summed E-state index contributed by atoms with van der Waals surface area (Å²) < 4.78 is 1.88. The van der Waals surface area contributed by atoms with Crippen LogP contribution in [0.15, 0.2) is 24.4 Å². The Hall–Kier alpha value is -2.17. The van der Waals surface area contributed by atoms with Crippen LogP contribution < -0.4 is 0 Å². The maximum absolute atomic E-state index is 12.3. The average Bonchev–Trinajstić information content (AvgIpc) is 2.70. The van der Waals surface area contributed by atoms with Gasteiger partial charge in [-0.05, 0) is 38.0 Å². The van der Waals surface area contributed by atoms with Gasteiger partial charge in [-0.3, -0.25) is 14.5 Å². The van der Waals surface area contributed by atoms with Crippen molar-refractivity contribution in [3.05, 3.63) is 47.0 Å². The molecule has 0 spiro atoms. The Bertz CT molecular complexity index is 671. The summed E-state index contributed by atoms with van der Waals surface area (Å²) in [5, 5.41) is 4.40. The third kappa shape index (κ3) is 2.75. The first-order valence-electron chi connectivity index (χ1n) is 7.74. The Morgan fingerprint density at radius 1 is 1.32 bits per heavy atom. The molecule has 0 saturated carbocycles. The number of hydrogen-bond donors (Lipinski definition) is 0. The smallest absolute Gasteiger partial charge is 0.222 e. The number of hydrogen-bond acceptors (Lipinski definition) is 3. The SMILES string of the molecule is Cc1nn(C)c(C)c1CCC(=O)N1CC(c2ccccn2)C1. The van der Waals surface area contributed by atoms with Crippen molar-refractivity contribution in [1.29, 1.82) is 0 Å². The molecule has 1 saturated heterocycles. The van der Waals surface area contributed by atoms with E-state index in [2.05, 4.69) is 17.0 Å². The molecular formula is C17H22N4O. The Morgan fingerprint density at radius 2 is 2.09 bits per heavy atom. The normalized spacial score (nSPS) is 15.0. The number of nitrogens with zero attached hydrogens (tertiary/aromatic N) is 4. The van der Waals surface area contributed by atoms with Gasteiger partial charge in [0, 0.05) is 50.1 Å². The predicted molar refractivity (Wildman–Crippen MR) is 84.6 cm³/mol. The van der Waals surface area contributed by atoms with Gasteiger partial charge in [0.2, 0.25) is 5.91 Å². The zero-order valence-electron chi connectivity index (χ0n) is 13.4. The summed E-state index contributed by atoms with van der Waals surface area (Å²) in [5.41, 5.74) is 4.48. The maximum Gasteiger partial charge on any atom is 0.222 e. The van der Waals surface area contributed by atoms with E-state index in [1.54, 1.807) is 0 Å². The van der Waals surface area contributed by atoms with E-state index in [9.17, 15) is 4.79 Å². The minimum atomic E-state index is 0.231. The molecule has 0 N–H and O–H groups in total. The lowest BCUT2D eigenvalue weighted by molar-refractivity contribution is -0.135. The lowest BCUT2D eigenvalue weighted by atomic mass is 9.95. The van der Waals surface area contributed by atoms with Gasteiger partial charge < -0.3 is 4.90 Å². The van der Waals surface area contributed by atoms with Gasteiger partial charge in [-0.15, -0.1) is 0 Å². The van der Waals surface area contributed by atoms with E-state index >= 15 is 0 Å². The van der Waals surface area contributed by atoms with Crippen molar-refractivity contribution in [3.63, 3.8) is 0 Å². The monoisotopic (exact) mass is 298 g/mol. The molecule has 22 heavy (non-hydrogen) atoms. The van der Waals surface area contributed by atoms with Gasteiger partial charge in [0.15, 0.2) is 0 Å². The van der Waals surface area contributed by atoms with E-state index in [0.29, 0.717) is 12.3 Å². The van der Waals surface area contributed by atoms with Crippen LogP contribution in [0.3, 0.4) is 0 Å². The Kier molecular flexibility index (Phi) is 3.96. The molecule has 2 aromatic heterocycles. The molecule has 0 bridgehead atoms. The number of rotatable bonds is 4. The molecule has 0 atom stereocenters. The minimum absolute atomic E-state index is 0.231. The molecule has 1 aliphatic heterocycles. The quantitative estimate of drug-likeness (QED) is 0.867. The lowest BCUT2D eigenvalue weighted by Crippen LogP contribution is -2.48. The lowest BCUT2D eigenvalue weighted by Gasteiger charge is -2.39. The fraction of sp³-hybridized carbons (Fsp3) is 0.471. The molecule has 1 fully saturated rings. The van der Waals surface area contributed by atoms with Gasteiger partial charge in [-0.1, -0.05) is 6.07 Å². The van der Waals surface area contributed by atoms with Crippen LogP contribution in [0.1, 0.15) is 35.0 Å². The molecule has 5 heteroatoms. The standard InChI is InChI=1S/C17H22N4O/c1-12-15(13(2)20(3)19-12)7-8-17(22)21-10-14(11-21)16-6-4-5-9-18-16/h4-6,9,14H,7-8,10-11H2,1-3H3. The van der Waals surface area contributed by atoms with Gasteiger partial charge in [-0.2, -0.15) is 5.10 Å². The topological polar surface area (TPSA) is 51.0 Å². The third-order valence-corrected chi connectivity index (χ3v) is 4.59. The van der Waals surface area contributed by atoms with Gasteiger partial charge >= 0.3 is 0 Å². The number of carbonyl (C=O) groups excluding carboxylic acids is 1. The highest BCUT2D eigenvalue weighted by molar-refractivity contribution is 5.77. The summed E-state index contributed by atoms with van der Waals surface area (Å²) in [5.74, 6) is 0.627. The van der Waals surface area contributed by atoms with Crippen molar-refractivity contribution in [2.45, 2.75) is 32.6 Å². The first-order chi connectivity index (χ1) is 10.6.